The summed E-state index contributed by atoms with van der Waals surface area (Å²) in [5, 5.41) is 3.03. The Bertz CT molecular complexity index is 462. The van der Waals surface area contributed by atoms with Gasteiger partial charge >= 0.3 is 0 Å². The molecule has 1 aliphatic carbocycles. The molecule has 2 atom stereocenters. The smallest absolute Gasteiger partial charge is 0.223 e. The molecule has 4 nitrogen and oxygen atoms in total. The van der Waals surface area contributed by atoms with Crippen LogP contribution in [0.3, 0.4) is 0 Å². The van der Waals surface area contributed by atoms with Crippen LogP contribution in [0, 0.1) is 11.8 Å². The van der Waals surface area contributed by atoms with Crippen LogP contribution in [0.5, 0.6) is 5.75 Å². The van der Waals surface area contributed by atoms with Gasteiger partial charge in [0.1, 0.15) is 5.75 Å². The Hall–Kier alpha value is -1.26. The molecule has 1 aromatic carbocycles. The van der Waals surface area contributed by atoms with Crippen LogP contribution >= 0.6 is 12.4 Å². The second kappa shape index (κ2) is 9.01. The minimum Gasteiger partial charge on any atom is -0.491 e. The van der Waals surface area contributed by atoms with Crippen molar-refractivity contribution >= 4 is 18.3 Å². The summed E-state index contributed by atoms with van der Waals surface area (Å²) in [4.78, 5) is 12.2. The number of nitrogens with two attached hydrogens (primary N) is 1. The largest absolute Gasteiger partial charge is 0.491 e. The third-order valence-corrected chi connectivity index (χ3v) is 4.06. The monoisotopic (exact) mass is 326 g/mol. The van der Waals surface area contributed by atoms with Gasteiger partial charge in [0.25, 0.3) is 0 Å². The lowest BCUT2D eigenvalue weighted by Crippen LogP contribution is -2.34. The molecule has 0 aromatic heterocycles. The molecule has 1 aliphatic rings. The molecule has 0 saturated heterocycles. The number of nitrogens with one attached hydrogen (secondary N) is 1. The van der Waals surface area contributed by atoms with Gasteiger partial charge in [0.15, 0.2) is 0 Å². The molecular formula is C17H27ClN2O2. The van der Waals surface area contributed by atoms with E-state index >= 15 is 0 Å². The summed E-state index contributed by atoms with van der Waals surface area (Å²) in [6.45, 7) is 5.18. The van der Waals surface area contributed by atoms with Gasteiger partial charge in [-0.1, -0.05) is 18.6 Å². The Balaban J connectivity index is 0.00000242. The van der Waals surface area contributed by atoms with Crippen molar-refractivity contribution in [3.8, 4) is 5.75 Å². The van der Waals surface area contributed by atoms with E-state index in [1.807, 2.05) is 38.1 Å². The number of amides is 1. The maximum atomic E-state index is 12.2. The van der Waals surface area contributed by atoms with Crippen LogP contribution in [0.25, 0.3) is 0 Å². The maximum Gasteiger partial charge on any atom is 0.223 e. The van der Waals surface area contributed by atoms with E-state index in [0.717, 1.165) is 30.6 Å². The first-order valence-corrected chi connectivity index (χ1v) is 7.83. The summed E-state index contributed by atoms with van der Waals surface area (Å²) in [5.74, 6) is 1.45. The number of rotatable bonds is 6. The third kappa shape index (κ3) is 5.18. The zero-order valence-corrected chi connectivity index (χ0v) is 14.2. The van der Waals surface area contributed by atoms with Crippen LogP contribution in [0.2, 0.25) is 0 Å². The lowest BCUT2D eigenvalue weighted by atomic mass is 9.95. The minimum absolute atomic E-state index is 0. The molecule has 0 unspecified atom stereocenters. The normalized spacial score (nSPS) is 20.5. The zero-order chi connectivity index (χ0) is 15.2. The lowest BCUT2D eigenvalue weighted by Gasteiger charge is -2.17. The average molecular weight is 327 g/mol. The predicted molar refractivity (Wildman–Crippen MR) is 91.2 cm³/mol. The molecule has 124 valence electrons. The molecular weight excluding hydrogens is 300 g/mol. The van der Waals surface area contributed by atoms with Gasteiger partial charge in [-0.2, -0.15) is 0 Å². The van der Waals surface area contributed by atoms with Crippen LogP contribution < -0.4 is 15.8 Å². The molecule has 1 aromatic rings. The van der Waals surface area contributed by atoms with Gasteiger partial charge in [-0.25, -0.2) is 0 Å². The van der Waals surface area contributed by atoms with E-state index in [-0.39, 0.29) is 30.3 Å². The van der Waals surface area contributed by atoms with E-state index in [1.165, 1.54) is 0 Å². The molecule has 0 bridgehead atoms. The average Bonchev–Trinajstić information content (AvgIpc) is 2.94. The highest BCUT2D eigenvalue weighted by Crippen LogP contribution is 2.31. The van der Waals surface area contributed by atoms with Crippen LogP contribution in [0.4, 0.5) is 0 Å². The molecule has 0 radical (unpaired) electrons. The fourth-order valence-corrected chi connectivity index (χ4v) is 2.94. The summed E-state index contributed by atoms with van der Waals surface area (Å²) >= 11 is 0. The van der Waals surface area contributed by atoms with E-state index in [0.29, 0.717) is 19.0 Å². The van der Waals surface area contributed by atoms with Crippen LogP contribution in [-0.4, -0.2) is 18.6 Å². The lowest BCUT2D eigenvalue weighted by molar-refractivity contribution is -0.126. The minimum atomic E-state index is 0. The van der Waals surface area contributed by atoms with Crippen molar-refractivity contribution in [2.75, 3.05) is 6.54 Å². The van der Waals surface area contributed by atoms with Crippen LogP contribution in [-0.2, 0) is 11.3 Å². The highest BCUT2D eigenvalue weighted by atomic mass is 35.5. The molecule has 0 heterocycles. The topological polar surface area (TPSA) is 64.3 Å². The van der Waals surface area contributed by atoms with Crippen molar-refractivity contribution in [1.29, 1.82) is 0 Å². The predicted octanol–water partition coefficient (Wildman–Crippen LogP) is 2.89. The summed E-state index contributed by atoms with van der Waals surface area (Å²) in [7, 11) is 0. The second-order valence-corrected chi connectivity index (χ2v) is 6.06. The number of benzene rings is 1. The second-order valence-electron chi connectivity index (χ2n) is 6.06. The van der Waals surface area contributed by atoms with E-state index < -0.39 is 0 Å². The number of carbonyl (C=O) groups is 1. The maximum absolute atomic E-state index is 12.2. The number of hydrogen-bond donors (Lipinski definition) is 2. The summed E-state index contributed by atoms with van der Waals surface area (Å²) in [6, 6.07) is 7.87. The molecule has 1 fully saturated rings. The number of halogens is 1. The van der Waals surface area contributed by atoms with Gasteiger partial charge in [0, 0.05) is 12.5 Å². The van der Waals surface area contributed by atoms with Gasteiger partial charge in [-0.05, 0) is 56.8 Å². The highest BCUT2D eigenvalue weighted by Gasteiger charge is 2.31. The molecule has 5 heteroatoms. The molecule has 1 amide bonds. The van der Waals surface area contributed by atoms with Crippen molar-refractivity contribution in [3.63, 3.8) is 0 Å². The Kier molecular flexibility index (Phi) is 7.69. The van der Waals surface area contributed by atoms with E-state index in [1.54, 1.807) is 0 Å². The molecule has 0 spiro atoms. The van der Waals surface area contributed by atoms with Gasteiger partial charge in [-0.15, -0.1) is 12.4 Å². The Morgan fingerprint density at radius 3 is 2.59 bits per heavy atom. The Labute approximate surface area is 139 Å². The molecule has 0 aliphatic heterocycles. The first kappa shape index (κ1) is 18.8. The summed E-state index contributed by atoms with van der Waals surface area (Å²) in [5.41, 5.74) is 6.82. The van der Waals surface area contributed by atoms with Gasteiger partial charge in [-0.3, -0.25) is 4.79 Å². The fraction of sp³-hybridized carbons (Fsp3) is 0.588. The summed E-state index contributed by atoms with van der Waals surface area (Å²) < 4.78 is 5.60. The van der Waals surface area contributed by atoms with Gasteiger partial charge in [0.2, 0.25) is 5.91 Å². The van der Waals surface area contributed by atoms with Crippen molar-refractivity contribution in [1.82, 2.24) is 5.32 Å². The van der Waals surface area contributed by atoms with Crippen molar-refractivity contribution < 1.29 is 9.53 Å². The number of carbonyl (C=O) groups excluding carboxylic acids is 1. The standard InChI is InChI=1S/C17H26N2O2.ClH/c1-12(2)21-15-8-6-13(7-9-15)11-19-17(20)16-5-3-4-14(16)10-18;/h6-9,12,14,16H,3-5,10-11,18H2,1-2H3,(H,19,20);1H/t14-,16-;/m1./s1. The van der Waals surface area contributed by atoms with Gasteiger partial charge in [0.05, 0.1) is 6.10 Å². The van der Waals surface area contributed by atoms with Crippen molar-refractivity contribution in [2.45, 2.75) is 45.8 Å². The fourth-order valence-electron chi connectivity index (χ4n) is 2.94. The molecule has 22 heavy (non-hydrogen) atoms. The SMILES string of the molecule is CC(C)Oc1ccc(CNC(=O)[C@@H]2CCC[C@@H]2CN)cc1.Cl. The highest BCUT2D eigenvalue weighted by molar-refractivity contribution is 5.85. The third-order valence-electron chi connectivity index (χ3n) is 4.06. The van der Waals surface area contributed by atoms with E-state index in [9.17, 15) is 4.79 Å². The summed E-state index contributed by atoms with van der Waals surface area (Å²) in [6.07, 6.45) is 3.33. The van der Waals surface area contributed by atoms with Gasteiger partial charge < -0.3 is 15.8 Å². The molecule has 3 N–H and O–H groups in total. The van der Waals surface area contributed by atoms with Crippen molar-refractivity contribution in [2.24, 2.45) is 17.6 Å². The molecule has 2 rings (SSSR count). The Morgan fingerprint density at radius 1 is 1.32 bits per heavy atom. The molecule has 1 saturated carbocycles. The zero-order valence-electron chi connectivity index (χ0n) is 13.4. The van der Waals surface area contributed by atoms with E-state index in [2.05, 4.69) is 5.32 Å². The van der Waals surface area contributed by atoms with E-state index in [4.69, 9.17) is 10.5 Å². The number of ether oxygens (including phenoxy) is 1. The van der Waals surface area contributed by atoms with Crippen LogP contribution in [0.1, 0.15) is 38.7 Å². The quantitative estimate of drug-likeness (QED) is 0.844. The van der Waals surface area contributed by atoms with Crippen molar-refractivity contribution in [3.05, 3.63) is 29.8 Å². The number of hydrogen-bond acceptors (Lipinski definition) is 3. The Morgan fingerprint density at radius 2 is 2.00 bits per heavy atom. The first-order valence-electron chi connectivity index (χ1n) is 7.83. The van der Waals surface area contributed by atoms with Crippen LogP contribution in [0.15, 0.2) is 24.3 Å². The first-order chi connectivity index (χ1) is 10.1.